The second-order valence-electron chi connectivity index (χ2n) is 4.55. The van der Waals surface area contributed by atoms with Gasteiger partial charge in [0.05, 0.1) is 0 Å². The van der Waals surface area contributed by atoms with E-state index in [1.165, 1.54) is 0 Å². The van der Waals surface area contributed by atoms with Crippen LogP contribution in [0.1, 0.15) is 38.6 Å². The van der Waals surface area contributed by atoms with E-state index in [4.69, 9.17) is 5.73 Å². The zero-order valence-corrected chi connectivity index (χ0v) is 8.85. The van der Waals surface area contributed by atoms with Gasteiger partial charge in [-0.2, -0.15) is 0 Å². The molecule has 0 amide bonds. The predicted octanol–water partition coefficient (Wildman–Crippen LogP) is 1.14. The quantitative estimate of drug-likeness (QED) is 0.785. The minimum Gasteiger partial charge on any atom is -0.328 e. The lowest BCUT2D eigenvalue weighted by molar-refractivity contribution is 0.257. The molecule has 78 valence electrons. The molecule has 1 aromatic heterocycles. The predicted molar refractivity (Wildman–Crippen MR) is 54.8 cm³/mol. The first-order chi connectivity index (χ1) is 6.66. The molecule has 0 bridgehead atoms. The van der Waals surface area contributed by atoms with Gasteiger partial charge in [0.1, 0.15) is 12.2 Å². The number of aromatic nitrogens is 3. The van der Waals surface area contributed by atoms with E-state index in [1.54, 1.807) is 0 Å². The molecule has 4 nitrogen and oxygen atoms in total. The highest BCUT2D eigenvalue weighted by molar-refractivity contribution is 4.95. The maximum atomic E-state index is 5.75. The summed E-state index contributed by atoms with van der Waals surface area (Å²) in [6.45, 7) is 4.30. The van der Waals surface area contributed by atoms with E-state index >= 15 is 0 Å². The van der Waals surface area contributed by atoms with Gasteiger partial charge >= 0.3 is 0 Å². The number of nitrogens with two attached hydrogens (primary N) is 1. The average Bonchev–Trinajstić information content (AvgIpc) is 2.49. The van der Waals surface area contributed by atoms with Crippen LogP contribution in [0, 0.1) is 5.92 Å². The van der Waals surface area contributed by atoms with Crippen LogP contribution in [0.5, 0.6) is 0 Å². The van der Waals surface area contributed by atoms with E-state index in [2.05, 4.69) is 28.6 Å². The molecule has 1 aliphatic rings. The van der Waals surface area contributed by atoms with Gasteiger partial charge in [-0.15, -0.1) is 10.2 Å². The molecule has 4 heteroatoms. The molecule has 1 fully saturated rings. The molecule has 0 aliphatic heterocycles. The van der Waals surface area contributed by atoms with Crippen molar-refractivity contribution in [2.45, 2.75) is 45.2 Å². The van der Waals surface area contributed by atoms with Crippen LogP contribution in [0.25, 0.3) is 0 Å². The molecule has 2 rings (SSSR count). The molecule has 0 aromatic carbocycles. The summed E-state index contributed by atoms with van der Waals surface area (Å²) >= 11 is 0. The third kappa shape index (κ3) is 1.80. The van der Waals surface area contributed by atoms with Crippen LogP contribution in [0.15, 0.2) is 6.33 Å². The van der Waals surface area contributed by atoms with Crippen molar-refractivity contribution in [2.24, 2.45) is 11.7 Å². The van der Waals surface area contributed by atoms with E-state index < -0.39 is 0 Å². The molecule has 0 spiro atoms. The Morgan fingerprint density at radius 2 is 2.29 bits per heavy atom. The van der Waals surface area contributed by atoms with E-state index in [9.17, 15) is 0 Å². The Morgan fingerprint density at radius 1 is 1.57 bits per heavy atom. The van der Waals surface area contributed by atoms with Gasteiger partial charge in [0.25, 0.3) is 0 Å². The molecular formula is C10H18N4. The van der Waals surface area contributed by atoms with Crippen LogP contribution >= 0.6 is 0 Å². The largest absolute Gasteiger partial charge is 0.328 e. The van der Waals surface area contributed by atoms with Crippen LogP contribution in [0.3, 0.4) is 0 Å². The highest BCUT2D eigenvalue weighted by atomic mass is 15.3. The topological polar surface area (TPSA) is 56.7 Å². The lowest BCUT2D eigenvalue weighted by Crippen LogP contribution is -2.37. The summed E-state index contributed by atoms with van der Waals surface area (Å²) in [7, 11) is 0. The summed E-state index contributed by atoms with van der Waals surface area (Å²) in [6.07, 6.45) is 5.14. The second kappa shape index (κ2) is 3.69. The Hall–Kier alpha value is -0.900. The molecule has 14 heavy (non-hydrogen) atoms. The van der Waals surface area contributed by atoms with Crippen molar-refractivity contribution in [3.05, 3.63) is 12.2 Å². The van der Waals surface area contributed by atoms with Crippen LogP contribution < -0.4 is 5.73 Å². The maximum absolute atomic E-state index is 5.75. The van der Waals surface area contributed by atoms with Crippen molar-refractivity contribution < 1.29 is 0 Å². The van der Waals surface area contributed by atoms with E-state index in [0.717, 1.165) is 31.0 Å². The van der Waals surface area contributed by atoms with Crippen molar-refractivity contribution >= 4 is 0 Å². The molecule has 1 heterocycles. The van der Waals surface area contributed by atoms with Gasteiger partial charge in [0.15, 0.2) is 0 Å². The van der Waals surface area contributed by atoms with E-state index in [0.29, 0.717) is 12.1 Å². The van der Waals surface area contributed by atoms with Crippen molar-refractivity contribution in [1.29, 1.82) is 0 Å². The Morgan fingerprint density at radius 3 is 2.86 bits per heavy atom. The van der Waals surface area contributed by atoms with Crippen molar-refractivity contribution in [1.82, 2.24) is 14.8 Å². The molecular weight excluding hydrogens is 176 g/mol. The minimum atomic E-state index is 0.426. The summed E-state index contributed by atoms with van der Waals surface area (Å²) in [4.78, 5) is 0. The van der Waals surface area contributed by atoms with Gasteiger partial charge in [-0.1, -0.05) is 0 Å². The Labute approximate surface area is 84.5 Å². The summed E-state index contributed by atoms with van der Waals surface area (Å²) in [5, 5.41) is 8.11. The Balaban J connectivity index is 1.98. The fourth-order valence-electron chi connectivity index (χ4n) is 2.06. The maximum Gasteiger partial charge on any atom is 0.133 e. The zero-order valence-electron chi connectivity index (χ0n) is 8.85. The molecule has 0 saturated heterocycles. The van der Waals surface area contributed by atoms with Gasteiger partial charge in [0.2, 0.25) is 0 Å². The van der Waals surface area contributed by atoms with Gasteiger partial charge in [-0.3, -0.25) is 0 Å². The summed E-state index contributed by atoms with van der Waals surface area (Å²) in [5.74, 6) is 1.84. The fourth-order valence-corrected chi connectivity index (χ4v) is 2.06. The van der Waals surface area contributed by atoms with Crippen molar-refractivity contribution in [3.63, 3.8) is 0 Å². The Kier molecular flexibility index (Phi) is 2.54. The minimum absolute atomic E-state index is 0.426. The lowest BCUT2D eigenvalue weighted by atomic mass is 9.78. The van der Waals surface area contributed by atoms with Gasteiger partial charge in [-0.05, 0) is 32.6 Å². The third-order valence-electron chi connectivity index (χ3n) is 2.95. The monoisotopic (exact) mass is 194 g/mol. The highest BCUT2D eigenvalue weighted by Gasteiger charge is 2.27. The number of nitrogens with zero attached hydrogens (tertiary/aromatic N) is 3. The van der Waals surface area contributed by atoms with E-state index in [1.807, 2.05) is 6.33 Å². The van der Waals surface area contributed by atoms with Crippen LogP contribution in [-0.4, -0.2) is 20.8 Å². The molecule has 0 radical (unpaired) electrons. The summed E-state index contributed by atoms with van der Waals surface area (Å²) in [5.41, 5.74) is 5.75. The molecule has 0 atom stereocenters. The molecule has 1 aliphatic carbocycles. The number of rotatable bonds is 3. The molecule has 1 saturated carbocycles. The van der Waals surface area contributed by atoms with Gasteiger partial charge in [-0.25, -0.2) is 0 Å². The highest BCUT2D eigenvalue weighted by Crippen LogP contribution is 2.28. The summed E-state index contributed by atoms with van der Waals surface area (Å²) < 4.78 is 2.14. The molecule has 1 aromatic rings. The first-order valence-corrected chi connectivity index (χ1v) is 5.30. The first kappa shape index (κ1) is 9.65. The van der Waals surface area contributed by atoms with Crippen molar-refractivity contribution in [3.8, 4) is 0 Å². The standard InChI is InChI=1S/C10H18N4/c1-7(2)14-6-12-13-10(14)5-8-3-9(11)4-8/h6-9H,3-5,11H2,1-2H3. The van der Waals surface area contributed by atoms with Crippen LogP contribution in [-0.2, 0) is 6.42 Å². The average molecular weight is 194 g/mol. The number of hydrogen-bond donors (Lipinski definition) is 1. The van der Waals surface area contributed by atoms with E-state index in [-0.39, 0.29) is 0 Å². The van der Waals surface area contributed by atoms with Gasteiger partial charge < -0.3 is 10.3 Å². The normalized spacial score (nSPS) is 26.6. The zero-order chi connectivity index (χ0) is 10.1. The fraction of sp³-hybridized carbons (Fsp3) is 0.800. The van der Waals surface area contributed by atoms with Crippen molar-refractivity contribution in [2.75, 3.05) is 0 Å². The van der Waals surface area contributed by atoms with Crippen LogP contribution in [0.2, 0.25) is 0 Å². The lowest BCUT2D eigenvalue weighted by Gasteiger charge is -2.32. The SMILES string of the molecule is CC(C)n1cnnc1CC1CC(N)C1. The first-order valence-electron chi connectivity index (χ1n) is 5.30. The second-order valence-corrected chi connectivity index (χ2v) is 4.55. The third-order valence-corrected chi connectivity index (χ3v) is 2.95. The summed E-state index contributed by atoms with van der Waals surface area (Å²) in [6, 6.07) is 0.879. The van der Waals surface area contributed by atoms with Crippen LogP contribution in [0.4, 0.5) is 0 Å². The molecule has 2 N–H and O–H groups in total. The number of hydrogen-bond acceptors (Lipinski definition) is 3. The molecule has 0 unspecified atom stereocenters. The smallest absolute Gasteiger partial charge is 0.133 e. The van der Waals surface area contributed by atoms with Gasteiger partial charge in [0, 0.05) is 18.5 Å². The Bertz CT molecular complexity index is 299.